The molecule has 180 valence electrons. The lowest BCUT2D eigenvalue weighted by Crippen LogP contribution is -2.38. The zero-order valence-corrected chi connectivity index (χ0v) is 20.8. The summed E-state index contributed by atoms with van der Waals surface area (Å²) < 4.78 is 7.10. The summed E-state index contributed by atoms with van der Waals surface area (Å²) in [6.07, 6.45) is 5.37. The maximum atomic E-state index is 13.3. The quantitative estimate of drug-likeness (QED) is 0.484. The van der Waals surface area contributed by atoms with Crippen molar-refractivity contribution >= 4 is 5.91 Å². The van der Waals surface area contributed by atoms with Crippen LogP contribution < -0.4 is 4.74 Å². The van der Waals surface area contributed by atoms with Crippen molar-refractivity contribution in [2.75, 3.05) is 39.8 Å². The number of benzene rings is 1. The lowest BCUT2D eigenvalue weighted by atomic mass is 9.90. The van der Waals surface area contributed by atoms with E-state index in [9.17, 15) is 4.79 Å². The Hall–Kier alpha value is -3.26. The molecule has 0 spiro atoms. The van der Waals surface area contributed by atoms with E-state index in [0.29, 0.717) is 24.6 Å². The Morgan fingerprint density at radius 1 is 1.06 bits per heavy atom. The summed E-state index contributed by atoms with van der Waals surface area (Å²) in [5.74, 6) is 1.27. The van der Waals surface area contributed by atoms with Crippen LogP contribution in [0.4, 0.5) is 0 Å². The zero-order valence-electron chi connectivity index (χ0n) is 20.8. The lowest BCUT2D eigenvalue weighted by molar-refractivity contribution is 0.0746. The molecule has 0 N–H and O–H groups in total. The topological polar surface area (TPSA) is 76.4 Å². The number of nitrogens with zero attached hydrogens (tertiary/aromatic N) is 6. The molecule has 0 atom stereocenters. The molecule has 3 aromatic rings. The average Bonchev–Trinajstić information content (AvgIpc) is 3.26. The number of carbonyl (C=O) groups excluding carboxylic acids is 1. The third kappa shape index (κ3) is 4.55. The molecule has 8 heteroatoms. The van der Waals surface area contributed by atoms with E-state index in [1.165, 1.54) is 5.56 Å². The van der Waals surface area contributed by atoms with Crippen molar-refractivity contribution < 1.29 is 9.53 Å². The first-order chi connectivity index (χ1) is 16.5. The molecule has 2 aromatic heterocycles. The van der Waals surface area contributed by atoms with Crippen molar-refractivity contribution in [1.29, 1.82) is 0 Å². The Morgan fingerprint density at radius 3 is 2.53 bits per heavy atom. The molecule has 1 aliphatic carbocycles. The number of amides is 1. The van der Waals surface area contributed by atoms with Gasteiger partial charge >= 0.3 is 0 Å². The largest absolute Gasteiger partial charge is 0.497 e. The minimum Gasteiger partial charge on any atom is -0.497 e. The summed E-state index contributed by atoms with van der Waals surface area (Å²) in [6, 6.07) is 6.12. The SMILES string of the molecule is CCN(CC)CCN(CC)C(=O)c1cnn(-c2ncc3c(n2)-c2cc(OC)ccc2CC3)c1C. The van der Waals surface area contributed by atoms with Crippen LogP contribution >= 0.6 is 0 Å². The second-order valence-corrected chi connectivity index (χ2v) is 8.53. The summed E-state index contributed by atoms with van der Waals surface area (Å²) in [7, 11) is 1.67. The van der Waals surface area contributed by atoms with Crippen LogP contribution in [0.1, 0.15) is 48.0 Å². The summed E-state index contributed by atoms with van der Waals surface area (Å²) in [4.78, 5) is 27.0. The predicted octanol–water partition coefficient (Wildman–Crippen LogP) is 3.55. The van der Waals surface area contributed by atoms with E-state index in [2.05, 4.69) is 34.9 Å². The summed E-state index contributed by atoms with van der Waals surface area (Å²) in [5.41, 5.74) is 5.66. The molecule has 0 saturated heterocycles. The van der Waals surface area contributed by atoms with E-state index >= 15 is 0 Å². The van der Waals surface area contributed by atoms with Gasteiger partial charge in [0, 0.05) is 31.4 Å². The molecule has 2 heterocycles. The summed E-state index contributed by atoms with van der Waals surface area (Å²) in [5, 5.41) is 4.50. The molecule has 0 saturated carbocycles. The van der Waals surface area contributed by atoms with Gasteiger partial charge in [0.1, 0.15) is 5.75 Å². The number of fused-ring (bicyclic) bond motifs is 3. The number of aryl methyl sites for hydroxylation is 2. The average molecular weight is 463 g/mol. The maximum absolute atomic E-state index is 13.3. The van der Waals surface area contributed by atoms with Crippen LogP contribution in [0.15, 0.2) is 30.6 Å². The fourth-order valence-corrected chi connectivity index (χ4v) is 4.50. The van der Waals surface area contributed by atoms with Gasteiger partial charge < -0.3 is 14.5 Å². The first-order valence-corrected chi connectivity index (χ1v) is 12.1. The fraction of sp³-hybridized carbons (Fsp3) is 0.462. The molecule has 0 unspecified atom stereocenters. The molecule has 34 heavy (non-hydrogen) atoms. The maximum Gasteiger partial charge on any atom is 0.257 e. The van der Waals surface area contributed by atoms with Gasteiger partial charge in [-0.2, -0.15) is 5.10 Å². The normalized spacial score (nSPS) is 12.4. The number of carbonyl (C=O) groups is 1. The third-order valence-corrected chi connectivity index (χ3v) is 6.77. The van der Waals surface area contributed by atoms with Crippen LogP contribution in [-0.2, 0) is 12.8 Å². The monoisotopic (exact) mass is 462 g/mol. The van der Waals surface area contributed by atoms with Gasteiger partial charge in [0.15, 0.2) is 0 Å². The van der Waals surface area contributed by atoms with Crippen LogP contribution in [0.3, 0.4) is 0 Å². The smallest absolute Gasteiger partial charge is 0.257 e. The van der Waals surface area contributed by atoms with Crippen molar-refractivity contribution in [1.82, 2.24) is 29.5 Å². The number of aromatic nitrogens is 4. The Labute approximate surface area is 201 Å². The van der Waals surface area contributed by atoms with Gasteiger partial charge in [-0.1, -0.05) is 19.9 Å². The first kappa shape index (κ1) is 23.9. The van der Waals surface area contributed by atoms with Crippen LogP contribution in [0.2, 0.25) is 0 Å². The van der Waals surface area contributed by atoms with Gasteiger partial charge in [0.25, 0.3) is 11.9 Å². The second-order valence-electron chi connectivity index (χ2n) is 8.53. The van der Waals surface area contributed by atoms with Crippen LogP contribution in [0.5, 0.6) is 5.75 Å². The van der Waals surface area contributed by atoms with E-state index in [4.69, 9.17) is 9.72 Å². The molecule has 4 rings (SSSR count). The van der Waals surface area contributed by atoms with Gasteiger partial charge in [-0.15, -0.1) is 0 Å². The van der Waals surface area contributed by atoms with Gasteiger partial charge in [0.05, 0.1) is 30.3 Å². The number of methoxy groups -OCH3 is 1. The second kappa shape index (κ2) is 10.3. The predicted molar refractivity (Wildman–Crippen MR) is 133 cm³/mol. The minimum absolute atomic E-state index is 0.00792. The number of hydrogen-bond acceptors (Lipinski definition) is 6. The Bertz CT molecular complexity index is 1170. The van der Waals surface area contributed by atoms with E-state index in [1.54, 1.807) is 18.0 Å². The van der Waals surface area contributed by atoms with Crippen molar-refractivity contribution in [2.24, 2.45) is 0 Å². The van der Waals surface area contributed by atoms with Crippen LogP contribution in [0, 0.1) is 6.92 Å². The fourth-order valence-electron chi connectivity index (χ4n) is 4.50. The minimum atomic E-state index is -0.00792. The molecule has 8 nitrogen and oxygen atoms in total. The first-order valence-electron chi connectivity index (χ1n) is 12.1. The molecule has 1 amide bonds. The van der Waals surface area contributed by atoms with E-state index in [1.807, 2.05) is 37.1 Å². The van der Waals surface area contributed by atoms with Crippen molar-refractivity contribution in [3.63, 3.8) is 0 Å². The van der Waals surface area contributed by atoms with E-state index < -0.39 is 0 Å². The van der Waals surface area contributed by atoms with Crippen molar-refractivity contribution in [3.05, 3.63) is 53.0 Å². The number of likely N-dealkylation sites (N-methyl/N-ethyl adjacent to an activating group) is 2. The highest BCUT2D eigenvalue weighted by Gasteiger charge is 2.24. The van der Waals surface area contributed by atoms with E-state index in [-0.39, 0.29) is 5.91 Å². The molecule has 1 aromatic carbocycles. The van der Waals surface area contributed by atoms with E-state index in [0.717, 1.165) is 60.7 Å². The summed E-state index contributed by atoms with van der Waals surface area (Å²) >= 11 is 0. The van der Waals surface area contributed by atoms with Gasteiger partial charge in [-0.05, 0) is 63.0 Å². The van der Waals surface area contributed by atoms with Gasteiger partial charge in [0.2, 0.25) is 0 Å². The number of ether oxygens (including phenoxy) is 1. The van der Waals surface area contributed by atoms with Gasteiger partial charge in [-0.25, -0.2) is 14.6 Å². The summed E-state index contributed by atoms with van der Waals surface area (Å²) in [6.45, 7) is 12.3. The standard InChI is InChI=1S/C26H34N6O2/c1-6-30(7-2)13-14-31(8-3)25(33)23-17-28-32(18(23)4)26-27-16-20-10-9-19-11-12-21(34-5)15-22(19)24(20)29-26/h11-12,15-17H,6-10,13-14H2,1-5H3. The van der Waals surface area contributed by atoms with Gasteiger partial charge in [-0.3, -0.25) is 4.79 Å². The lowest BCUT2D eigenvalue weighted by Gasteiger charge is -2.25. The van der Waals surface area contributed by atoms with Crippen molar-refractivity contribution in [3.8, 4) is 23.0 Å². The third-order valence-electron chi connectivity index (χ3n) is 6.77. The molecular weight excluding hydrogens is 428 g/mol. The Kier molecular flexibility index (Phi) is 7.26. The molecular formula is C26H34N6O2. The number of hydrogen-bond donors (Lipinski definition) is 0. The highest BCUT2D eigenvalue weighted by molar-refractivity contribution is 5.95. The van der Waals surface area contributed by atoms with Crippen LogP contribution in [-0.4, -0.2) is 75.3 Å². The molecule has 0 aliphatic heterocycles. The highest BCUT2D eigenvalue weighted by atomic mass is 16.5. The molecule has 0 radical (unpaired) electrons. The Morgan fingerprint density at radius 2 is 1.82 bits per heavy atom. The molecule has 1 aliphatic rings. The highest BCUT2D eigenvalue weighted by Crippen LogP contribution is 2.34. The zero-order chi connectivity index (χ0) is 24.2. The Balaban J connectivity index is 1.62. The molecule has 0 bridgehead atoms. The number of rotatable bonds is 9. The van der Waals surface area contributed by atoms with Crippen LogP contribution in [0.25, 0.3) is 17.2 Å². The van der Waals surface area contributed by atoms with Crippen molar-refractivity contribution in [2.45, 2.75) is 40.5 Å². The molecule has 0 fully saturated rings.